The first kappa shape index (κ1) is 13.0. The van der Waals surface area contributed by atoms with Crippen molar-refractivity contribution in [1.29, 1.82) is 0 Å². The van der Waals surface area contributed by atoms with Crippen LogP contribution in [0.1, 0.15) is 36.9 Å². The van der Waals surface area contributed by atoms with Crippen molar-refractivity contribution in [2.45, 2.75) is 32.1 Å². The lowest BCUT2D eigenvalue weighted by Gasteiger charge is -2.30. The summed E-state index contributed by atoms with van der Waals surface area (Å²) in [6.45, 7) is 4.13. The molecule has 0 saturated carbocycles. The van der Waals surface area contributed by atoms with Gasteiger partial charge in [0.2, 0.25) is 11.8 Å². The Labute approximate surface area is 107 Å². The van der Waals surface area contributed by atoms with Crippen LogP contribution in [0.5, 0.6) is 0 Å². The molecule has 0 radical (unpaired) electrons. The van der Waals surface area contributed by atoms with Gasteiger partial charge in [-0.15, -0.1) is 0 Å². The average molecular weight is 252 g/mol. The van der Waals surface area contributed by atoms with Crippen molar-refractivity contribution in [2.75, 3.05) is 26.7 Å². The van der Waals surface area contributed by atoms with Gasteiger partial charge in [-0.3, -0.25) is 4.79 Å². The van der Waals surface area contributed by atoms with Gasteiger partial charge in [0.15, 0.2) is 5.82 Å². The smallest absolute Gasteiger partial charge is 0.229 e. The van der Waals surface area contributed by atoms with E-state index in [1.165, 1.54) is 0 Å². The van der Waals surface area contributed by atoms with Crippen LogP contribution >= 0.6 is 0 Å². The van der Waals surface area contributed by atoms with Crippen LogP contribution in [0.4, 0.5) is 0 Å². The van der Waals surface area contributed by atoms with E-state index in [2.05, 4.69) is 15.5 Å². The number of carbonyl (C=O) groups excluding carboxylic acids is 1. The van der Waals surface area contributed by atoms with Gasteiger partial charge in [-0.1, -0.05) is 5.16 Å². The van der Waals surface area contributed by atoms with E-state index in [0.717, 1.165) is 38.4 Å². The first-order chi connectivity index (χ1) is 8.70. The lowest BCUT2D eigenvalue weighted by atomic mass is 9.96. The molecular weight excluding hydrogens is 232 g/mol. The van der Waals surface area contributed by atoms with Crippen molar-refractivity contribution >= 4 is 5.91 Å². The third-order valence-corrected chi connectivity index (χ3v) is 3.33. The molecule has 1 aromatic rings. The fourth-order valence-corrected chi connectivity index (χ4v) is 2.24. The Bertz CT molecular complexity index is 397. The topological polar surface area (TPSA) is 71.3 Å². The molecule has 1 aromatic heterocycles. The van der Waals surface area contributed by atoms with Crippen molar-refractivity contribution in [3.8, 4) is 0 Å². The van der Waals surface area contributed by atoms with Crippen molar-refractivity contribution < 1.29 is 9.32 Å². The molecule has 1 fully saturated rings. The zero-order chi connectivity index (χ0) is 13.0. The summed E-state index contributed by atoms with van der Waals surface area (Å²) in [5.74, 6) is 1.93. The number of hydrogen-bond acceptors (Lipinski definition) is 5. The number of hydrogen-bond donors (Lipinski definition) is 1. The van der Waals surface area contributed by atoms with Gasteiger partial charge in [-0.25, -0.2) is 0 Å². The molecule has 1 aliphatic rings. The molecule has 0 atom stereocenters. The van der Waals surface area contributed by atoms with E-state index in [4.69, 9.17) is 4.52 Å². The zero-order valence-electron chi connectivity index (χ0n) is 11.0. The Morgan fingerprint density at radius 2 is 2.22 bits per heavy atom. The number of amides is 1. The Hall–Kier alpha value is -1.43. The van der Waals surface area contributed by atoms with E-state index < -0.39 is 0 Å². The van der Waals surface area contributed by atoms with E-state index in [9.17, 15) is 4.79 Å². The molecule has 6 heteroatoms. The summed E-state index contributed by atoms with van der Waals surface area (Å²) >= 11 is 0. The highest BCUT2D eigenvalue weighted by Crippen LogP contribution is 2.26. The van der Waals surface area contributed by atoms with Crippen molar-refractivity contribution in [3.63, 3.8) is 0 Å². The second kappa shape index (κ2) is 5.95. The van der Waals surface area contributed by atoms with Gasteiger partial charge in [-0.2, -0.15) is 4.98 Å². The van der Waals surface area contributed by atoms with Crippen LogP contribution in [0.15, 0.2) is 4.52 Å². The molecule has 2 heterocycles. The molecule has 1 N–H and O–H groups in total. The van der Waals surface area contributed by atoms with E-state index in [0.29, 0.717) is 18.2 Å². The third kappa shape index (κ3) is 3.07. The minimum atomic E-state index is 0.226. The van der Waals surface area contributed by atoms with Crippen LogP contribution in [0.25, 0.3) is 0 Å². The molecule has 100 valence electrons. The monoisotopic (exact) mass is 252 g/mol. The van der Waals surface area contributed by atoms with Gasteiger partial charge < -0.3 is 14.7 Å². The molecular formula is C12H20N4O2. The predicted octanol–water partition coefficient (Wildman–Crippen LogP) is 0.694. The van der Waals surface area contributed by atoms with Gasteiger partial charge in [0.05, 0.1) is 0 Å². The molecule has 6 nitrogen and oxygen atoms in total. The molecule has 1 aliphatic heterocycles. The van der Waals surface area contributed by atoms with Gasteiger partial charge in [-0.05, 0) is 26.8 Å². The number of aryl methyl sites for hydroxylation is 1. The summed E-state index contributed by atoms with van der Waals surface area (Å²) in [6.07, 6.45) is 2.39. The number of aromatic nitrogens is 2. The number of piperidine rings is 1. The molecule has 18 heavy (non-hydrogen) atoms. The van der Waals surface area contributed by atoms with Crippen LogP contribution in [-0.2, 0) is 4.79 Å². The largest absolute Gasteiger partial charge is 0.343 e. The predicted molar refractivity (Wildman–Crippen MR) is 66.1 cm³/mol. The first-order valence-electron chi connectivity index (χ1n) is 6.43. The summed E-state index contributed by atoms with van der Waals surface area (Å²) < 4.78 is 5.19. The highest BCUT2D eigenvalue weighted by Gasteiger charge is 2.26. The third-order valence-electron chi connectivity index (χ3n) is 3.33. The lowest BCUT2D eigenvalue weighted by molar-refractivity contribution is -0.132. The molecule has 0 bridgehead atoms. The average Bonchev–Trinajstić information content (AvgIpc) is 2.83. The lowest BCUT2D eigenvalue weighted by Crippen LogP contribution is -2.38. The van der Waals surface area contributed by atoms with Crippen LogP contribution in [-0.4, -0.2) is 47.6 Å². The Morgan fingerprint density at radius 3 is 2.78 bits per heavy atom. The molecule has 0 aromatic carbocycles. The summed E-state index contributed by atoms with van der Waals surface area (Å²) in [6, 6.07) is 0. The molecule has 1 saturated heterocycles. The van der Waals surface area contributed by atoms with E-state index in [1.54, 1.807) is 0 Å². The van der Waals surface area contributed by atoms with Crippen molar-refractivity contribution in [1.82, 2.24) is 20.4 Å². The van der Waals surface area contributed by atoms with Gasteiger partial charge in [0.25, 0.3) is 0 Å². The molecule has 0 unspecified atom stereocenters. The fraction of sp³-hybridized carbons (Fsp3) is 0.750. The summed E-state index contributed by atoms with van der Waals surface area (Å²) in [7, 11) is 1.86. The quantitative estimate of drug-likeness (QED) is 0.853. The highest BCUT2D eigenvalue weighted by atomic mass is 16.5. The maximum Gasteiger partial charge on any atom is 0.229 e. The summed E-state index contributed by atoms with van der Waals surface area (Å²) in [5, 5.41) is 6.81. The van der Waals surface area contributed by atoms with E-state index >= 15 is 0 Å². The summed E-state index contributed by atoms with van der Waals surface area (Å²) in [4.78, 5) is 18.0. The number of likely N-dealkylation sites (tertiary alicyclic amines) is 1. The Kier molecular flexibility index (Phi) is 4.30. The van der Waals surface area contributed by atoms with Crippen LogP contribution in [0.3, 0.4) is 0 Å². The summed E-state index contributed by atoms with van der Waals surface area (Å²) in [5.41, 5.74) is 0. The van der Waals surface area contributed by atoms with Gasteiger partial charge in [0, 0.05) is 32.0 Å². The Morgan fingerprint density at radius 1 is 1.50 bits per heavy atom. The van der Waals surface area contributed by atoms with Crippen molar-refractivity contribution in [3.05, 3.63) is 11.7 Å². The number of rotatable bonds is 4. The normalized spacial score (nSPS) is 17.1. The molecule has 0 aliphatic carbocycles. The maximum atomic E-state index is 11.8. The second-order valence-corrected chi connectivity index (χ2v) is 4.69. The van der Waals surface area contributed by atoms with E-state index in [1.807, 2.05) is 18.9 Å². The number of carbonyl (C=O) groups is 1. The van der Waals surface area contributed by atoms with Gasteiger partial charge in [0.1, 0.15) is 0 Å². The molecule has 1 amide bonds. The standard InChI is InChI=1S/C12H20N4O2/c1-9-14-12(18-15-9)10-4-7-16(8-5-10)11(17)3-6-13-2/h10,13H,3-8H2,1-2H3. The van der Waals surface area contributed by atoms with E-state index in [-0.39, 0.29) is 5.91 Å². The van der Waals surface area contributed by atoms with Crippen LogP contribution in [0.2, 0.25) is 0 Å². The molecule has 0 spiro atoms. The number of nitrogens with zero attached hydrogens (tertiary/aromatic N) is 3. The second-order valence-electron chi connectivity index (χ2n) is 4.69. The zero-order valence-corrected chi connectivity index (χ0v) is 11.0. The maximum absolute atomic E-state index is 11.8. The molecule has 2 rings (SSSR count). The fourth-order valence-electron chi connectivity index (χ4n) is 2.24. The highest BCUT2D eigenvalue weighted by molar-refractivity contribution is 5.76. The minimum absolute atomic E-state index is 0.226. The van der Waals surface area contributed by atoms with Crippen LogP contribution < -0.4 is 5.32 Å². The van der Waals surface area contributed by atoms with Crippen molar-refractivity contribution in [2.24, 2.45) is 0 Å². The van der Waals surface area contributed by atoms with Crippen LogP contribution in [0, 0.1) is 6.92 Å². The first-order valence-corrected chi connectivity index (χ1v) is 6.43. The van der Waals surface area contributed by atoms with Gasteiger partial charge >= 0.3 is 0 Å². The minimum Gasteiger partial charge on any atom is -0.343 e. The Balaban J connectivity index is 1.82. The number of nitrogens with one attached hydrogen (secondary N) is 1. The SMILES string of the molecule is CNCCC(=O)N1CCC(c2nc(C)no2)CC1.